The number of benzene rings is 2. The third-order valence-electron chi connectivity index (χ3n) is 4.74. The van der Waals surface area contributed by atoms with Gasteiger partial charge in [-0.1, -0.05) is 29.8 Å². The van der Waals surface area contributed by atoms with Crippen LogP contribution in [0.15, 0.2) is 36.4 Å². The molecule has 5 rings (SSSR count). The number of rotatable bonds is 2. The summed E-state index contributed by atoms with van der Waals surface area (Å²) >= 11 is 0. The smallest absolute Gasteiger partial charge is 0.172 e. The van der Waals surface area contributed by atoms with Crippen LogP contribution in [0.3, 0.4) is 0 Å². The van der Waals surface area contributed by atoms with Gasteiger partial charge in [0.1, 0.15) is 5.69 Å². The molecule has 1 aliphatic heterocycles. The molecule has 124 valence electrons. The number of aromatic nitrogens is 4. The highest BCUT2D eigenvalue weighted by molar-refractivity contribution is 5.83. The van der Waals surface area contributed by atoms with Crippen LogP contribution in [-0.4, -0.2) is 25.3 Å². The molecule has 0 saturated heterocycles. The third-order valence-corrected chi connectivity index (χ3v) is 4.74. The van der Waals surface area contributed by atoms with Crippen LogP contribution >= 0.6 is 0 Å². The Hall–Kier alpha value is -3.12. The molecule has 4 N–H and O–H groups in total. The fourth-order valence-electron chi connectivity index (χ4n) is 3.34. The van der Waals surface area contributed by atoms with Gasteiger partial charge in [-0.2, -0.15) is 5.10 Å². The van der Waals surface area contributed by atoms with Crippen LogP contribution in [0.5, 0.6) is 5.75 Å². The summed E-state index contributed by atoms with van der Waals surface area (Å²) < 4.78 is 0. The fraction of sp³-hybridized carbons (Fsp3) is 0.158. The number of aryl methyl sites for hydroxylation is 1. The lowest BCUT2D eigenvalue weighted by Gasteiger charge is -1.99. The number of aromatic amines is 2. The minimum absolute atomic E-state index is 0.108. The van der Waals surface area contributed by atoms with E-state index in [4.69, 9.17) is 0 Å². The molecule has 0 amide bonds. The average molecular weight is 331 g/mol. The molecule has 4 aromatic rings. The van der Waals surface area contributed by atoms with Crippen LogP contribution in [-0.2, 0) is 13.1 Å². The molecule has 6 heteroatoms. The van der Waals surface area contributed by atoms with Crippen LogP contribution < -0.4 is 5.32 Å². The molecule has 0 fully saturated rings. The summed E-state index contributed by atoms with van der Waals surface area (Å²) in [5, 5.41) is 21.2. The van der Waals surface area contributed by atoms with Crippen molar-refractivity contribution in [1.29, 1.82) is 0 Å². The first-order valence-corrected chi connectivity index (χ1v) is 8.26. The molecule has 0 saturated carbocycles. The maximum absolute atomic E-state index is 10.6. The fourth-order valence-corrected chi connectivity index (χ4v) is 3.34. The second kappa shape index (κ2) is 5.19. The summed E-state index contributed by atoms with van der Waals surface area (Å²) in [7, 11) is 0. The van der Waals surface area contributed by atoms with Gasteiger partial charge in [-0.3, -0.25) is 5.10 Å². The van der Waals surface area contributed by atoms with Crippen molar-refractivity contribution in [2.45, 2.75) is 20.0 Å². The third kappa shape index (κ3) is 2.22. The highest BCUT2D eigenvalue weighted by Gasteiger charge is 2.19. The lowest BCUT2D eigenvalue weighted by Crippen LogP contribution is -1.99. The van der Waals surface area contributed by atoms with Crippen molar-refractivity contribution in [2.75, 3.05) is 0 Å². The van der Waals surface area contributed by atoms with Crippen LogP contribution in [0.25, 0.3) is 33.8 Å². The minimum atomic E-state index is 0.108. The summed E-state index contributed by atoms with van der Waals surface area (Å²) in [6.07, 6.45) is 0. The van der Waals surface area contributed by atoms with Crippen molar-refractivity contribution in [3.8, 4) is 28.5 Å². The lowest BCUT2D eigenvalue weighted by atomic mass is 10.1. The molecule has 25 heavy (non-hydrogen) atoms. The quantitative estimate of drug-likeness (QED) is 0.454. The molecule has 0 aliphatic carbocycles. The minimum Gasteiger partial charge on any atom is -0.504 e. The first-order chi connectivity index (χ1) is 12.2. The topological polar surface area (TPSA) is 89.6 Å². The highest BCUT2D eigenvalue weighted by atomic mass is 16.3. The van der Waals surface area contributed by atoms with Gasteiger partial charge in [-0.25, -0.2) is 4.98 Å². The summed E-state index contributed by atoms with van der Waals surface area (Å²) in [6.45, 7) is 3.78. The normalized spacial score (nSPS) is 13.5. The van der Waals surface area contributed by atoms with Gasteiger partial charge in [0.15, 0.2) is 17.3 Å². The first kappa shape index (κ1) is 14.2. The van der Waals surface area contributed by atoms with E-state index in [1.807, 2.05) is 31.2 Å². The van der Waals surface area contributed by atoms with Crippen molar-refractivity contribution in [2.24, 2.45) is 0 Å². The van der Waals surface area contributed by atoms with Crippen molar-refractivity contribution in [3.63, 3.8) is 0 Å². The van der Waals surface area contributed by atoms with E-state index in [1.54, 1.807) is 0 Å². The monoisotopic (exact) mass is 331 g/mol. The van der Waals surface area contributed by atoms with Crippen LogP contribution in [0.2, 0.25) is 0 Å². The summed E-state index contributed by atoms with van der Waals surface area (Å²) in [4.78, 5) is 7.89. The Kier molecular flexibility index (Phi) is 2.96. The van der Waals surface area contributed by atoms with Crippen molar-refractivity contribution >= 4 is 11.0 Å². The van der Waals surface area contributed by atoms with Gasteiger partial charge in [0, 0.05) is 18.7 Å². The zero-order chi connectivity index (χ0) is 17.0. The SMILES string of the molecule is Cc1ccc(-c2[nH]nc(-c3nc4cc5c(cc4[nH]3)CNC5)c2O)cc1. The Labute approximate surface area is 143 Å². The maximum Gasteiger partial charge on any atom is 0.172 e. The van der Waals surface area contributed by atoms with Gasteiger partial charge < -0.3 is 15.4 Å². The number of hydrogen-bond donors (Lipinski definition) is 4. The van der Waals surface area contributed by atoms with Gasteiger partial charge in [-0.15, -0.1) is 0 Å². The number of nitrogens with one attached hydrogen (secondary N) is 3. The van der Waals surface area contributed by atoms with Gasteiger partial charge in [0.05, 0.1) is 11.0 Å². The van der Waals surface area contributed by atoms with Crippen LogP contribution in [0.4, 0.5) is 0 Å². The molecule has 2 aromatic carbocycles. The highest BCUT2D eigenvalue weighted by Crippen LogP contribution is 2.35. The van der Waals surface area contributed by atoms with Crippen molar-refractivity contribution in [3.05, 3.63) is 53.1 Å². The van der Waals surface area contributed by atoms with E-state index in [9.17, 15) is 5.11 Å². The molecule has 1 aliphatic rings. The maximum atomic E-state index is 10.6. The zero-order valence-electron chi connectivity index (χ0n) is 13.7. The number of fused-ring (bicyclic) bond motifs is 2. The number of hydrogen-bond acceptors (Lipinski definition) is 4. The van der Waals surface area contributed by atoms with Crippen molar-refractivity contribution in [1.82, 2.24) is 25.5 Å². The molecule has 0 atom stereocenters. The Bertz CT molecular complexity index is 1050. The second-order valence-corrected chi connectivity index (χ2v) is 6.49. The predicted molar refractivity (Wildman–Crippen MR) is 96.1 cm³/mol. The van der Waals surface area contributed by atoms with Crippen molar-refractivity contribution < 1.29 is 5.11 Å². The molecular formula is C19H17N5O. The van der Waals surface area contributed by atoms with E-state index in [1.165, 1.54) is 16.7 Å². The molecule has 3 heterocycles. The number of nitrogens with zero attached hydrogens (tertiary/aromatic N) is 2. The lowest BCUT2D eigenvalue weighted by molar-refractivity contribution is 0.479. The van der Waals surface area contributed by atoms with Gasteiger partial charge in [0.25, 0.3) is 0 Å². The number of imidazole rings is 1. The molecule has 0 radical (unpaired) electrons. The second-order valence-electron chi connectivity index (χ2n) is 6.49. The van der Waals surface area contributed by atoms with Gasteiger partial charge >= 0.3 is 0 Å². The summed E-state index contributed by atoms with van der Waals surface area (Å²) in [5.41, 5.74) is 7.50. The molecular weight excluding hydrogens is 314 g/mol. The van der Waals surface area contributed by atoms with Gasteiger partial charge in [0.2, 0.25) is 0 Å². The van der Waals surface area contributed by atoms with E-state index in [0.717, 1.165) is 29.7 Å². The molecule has 6 nitrogen and oxygen atoms in total. The Morgan fingerprint density at radius 2 is 1.80 bits per heavy atom. The van der Waals surface area contributed by atoms with E-state index in [2.05, 4.69) is 37.6 Å². The molecule has 0 spiro atoms. The molecule has 0 bridgehead atoms. The predicted octanol–water partition coefficient (Wildman–Crippen LogP) is 3.24. The number of H-pyrrole nitrogens is 2. The zero-order valence-corrected chi connectivity index (χ0v) is 13.7. The standard InChI is InChI=1S/C19H17N5O/c1-10-2-4-11(5-3-10)16-18(25)17(24-23-16)19-21-14-6-12-8-20-9-13(12)7-15(14)22-19/h2-7,20,25H,8-9H2,1H3,(H,21,22)(H,23,24). The van der Waals surface area contributed by atoms with E-state index < -0.39 is 0 Å². The van der Waals surface area contributed by atoms with E-state index >= 15 is 0 Å². The summed E-state index contributed by atoms with van der Waals surface area (Å²) in [6, 6.07) is 12.1. The first-order valence-electron chi connectivity index (χ1n) is 8.26. The molecule has 2 aromatic heterocycles. The van der Waals surface area contributed by atoms with Gasteiger partial charge in [-0.05, 0) is 30.2 Å². The summed E-state index contributed by atoms with van der Waals surface area (Å²) in [5.74, 6) is 0.677. The van der Waals surface area contributed by atoms with E-state index in [0.29, 0.717) is 17.2 Å². The Balaban J connectivity index is 1.59. The average Bonchev–Trinajstić information content (AvgIpc) is 3.30. The van der Waals surface area contributed by atoms with Crippen LogP contribution in [0, 0.1) is 6.92 Å². The Morgan fingerprint density at radius 1 is 1.04 bits per heavy atom. The molecule has 0 unspecified atom stereocenters. The Morgan fingerprint density at radius 3 is 2.60 bits per heavy atom. The van der Waals surface area contributed by atoms with E-state index in [-0.39, 0.29) is 5.75 Å². The van der Waals surface area contributed by atoms with Crippen LogP contribution in [0.1, 0.15) is 16.7 Å². The number of aromatic hydroxyl groups is 1. The largest absolute Gasteiger partial charge is 0.504 e.